The standard InChI is InChI=1S/C13H18O2S/c14-7-8-15-13-4-2-1-3-12(13)11-5-9-16-10-6-11/h1-4,11,14H,5-10H2. The van der Waals surface area contributed by atoms with Gasteiger partial charge in [0.1, 0.15) is 12.4 Å². The smallest absolute Gasteiger partial charge is 0.122 e. The highest BCUT2D eigenvalue weighted by Gasteiger charge is 2.18. The van der Waals surface area contributed by atoms with Crippen molar-refractivity contribution in [2.45, 2.75) is 18.8 Å². The van der Waals surface area contributed by atoms with Crippen molar-refractivity contribution in [3.8, 4) is 5.75 Å². The van der Waals surface area contributed by atoms with Gasteiger partial charge < -0.3 is 9.84 Å². The van der Waals surface area contributed by atoms with E-state index in [2.05, 4.69) is 12.1 Å². The van der Waals surface area contributed by atoms with E-state index < -0.39 is 0 Å². The predicted molar refractivity (Wildman–Crippen MR) is 68.3 cm³/mol. The summed E-state index contributed by atoms with van der Waals surface area (Å²) in [5.41, 5.74) is 1.32. The van der Waals surface area contributed by atoms with E-state index in [-0.39, 0.29) is 6.61 Å². The maximum Gasteiger partial charge on any atom is 0.122 e. The monoisotopic (exact) mass is 238 g/mol. The summed E-state index contributed by atoms with van der Waals surface area (Å²) in [6, 6.07) is 8.23. The first-order valence-electron chi connectivity index (χ1n) is 5.82. The lowest BCUT2D eigenvalue weighted by molar-refractivity contribution is 0.199. The number of aliphatic hydroxyl groups excluding tert-OH is 1. The van der Waals surface area contributed by atoms with Crippen LogP contribution in [-0.4, -0.2) is 29.8 Å². The second-order valence-electron chi connectivity index (χ2n) is 4.00. The summed E-state index contributed by atoms with van der Waals surface area (Å²) in [4.78, 5) is 0. The molecule has 1 heterocycles. The molecule has 1 aromatic carbocycles. The molecule has 1 fully saturated rings. The topological polar surface area (TPSA) is 29.5 Å². The van der Waals surface area contributed by atoms with Gasteiger partial charge in [-0.1, -0.05) is 18.2 Å². The number of thioether (sulfide) groups is 1. The molecule has 1 N–H and O–H groups in total. The van der Waals surface area contributed by atoms with E-state index in [0.717, 1.165) is 5.75 Å². The van der Waals surface area contributed by atoms with Gasteiger partial charge >= 0.3 is 0 Å². The van der Waals surface area contributed by atoms with Crippen molar-refractivity contribution in [1.29, 1.82) is 0 Å². The van der Waals surface area contributed by atoms with Gasteiger partial charge in [0.25, 0.3) is 0 Å². The van der Waals surface area contributed by atoms with Crippen LogP contribution in [0.2, 0.25) is 0 Å². The average Bonchev–Trinajstić information content (AvgIpc) is 2.38. The molecule has 1 aromatic rings. The van der Waals surface area contributed by atoms with Gasteiger partial charge in [0, 0.05) is 0 Å². The Hall–Kier alpha value is -0.670. The first kappa shape index (κ1) is 11.8. The first-order valence-corrected chi connectivity index (χ1v) is 6.97. The van der Waals surface area contributed by atoms with E-state index in [9.17, 15) is 0 Å². The normalized spacial score (nSPS) is 17.3. The zero-order chi connectivity index (χ0) is 11.2. The molecular weight excluding hydrogens is 220 g/mol. The first-order chi connectivity index (χ1) is 7.92. The molecule has 16 heavy (non-hydrogen) atoms. The molecule has 0 aliphatic carbocycles. The van der Waals surface area contributed by atoms with E-state index in [1.807, 2.05) is 23.9 Å². The van der Waals surface area contributed by atoms with Gasteiger partial charge in [-0.15, -0.1) is 0 Å². The minimum Gasteiger partial charge on any atom is -0.491 e. The Bertz CT molecular complexity index is 321. The maximum absolute atomic E-state index is 8.80. The summed E-state index contributed by atoms with van der Waals surface area (Å²) >= 11 is 2.04. The number of hydrogen-bond donors (Lipinski definition) is 1. The third kappa shape index (κ3) is 2.92. The van der Waals surface area contributed by atoms with E-state index in [4.69, 9.17) is 9.84 Å². The summed E-state index contributed by atoms with van der Waals surface area (Å²) in [5.74, 6) is 4.09. The molecule has 0 saturated carbocycles. The number of ether oxygens (including phenoxy) is 1. The molecule has 0 spiro atoms. The summed E-state index contributed by atoms with van der Waals surface area (Å²) in [6.07, 6.45) is 2.48. The summed E-state index contributed by atoms with van der Waals surface area (Å²) in [6.45, 7) is 0.466. The van der Waals surface area contributed by atoms with Crippen molar-refractivity contribution in [1.82, 2.24) is 0 Å². The molecule has 1 aliphatic heterocycles. The fraction of sp³-hybridized carbons (Fsp3) is 0.538. The van der Waals surface area contributed by atoms with Gasteiger partial charge in [-0.05, 0) is 41.9 Å². The van der Waals surface area contributed by atoms with Crippen molar-refractivity contribution >= 4 is 11.8 Å². The molecule has 0 amide bonds. The highest BCUT2D eigenvalue weighted by Crippen LogP contribution is 2.36. The van der Waals surface area contributed by atoms with Crippen molar-refractivity contribution in [3.05, 3.63) is 29.8 Å². The van der Waals surface area contributed by atoms with Crippen molar-refractivity contribution in [3.63, 3.8) is 0 Å². The van der Waals surface area contributed by atoms with E-state index in [0.29, 0.717) is 12.5 Å². The van der Waals surface area contributed by atoms with Gasteiger partial charge in [-0.25, -0.2) is 0 Å². The zero-order valence-electron chi connectivity index (χ0n) is 9.39. The number of hydrogen-bond acceptors (Lipinski definition) is 3. The molecule has 2 nitrogen and oxygen atoms in total. The lowest BCUT2D eigenvalue weighted by atomic mass is 9.93. The Morgan fingerprint density at radius 3 is 2.75 bits per heavy atom. The molecule has 2 rings (SSSR count). The Labute approximate surface area is 101 Å². The fourth-order valence-electron chi connectivity index (χ4n) is 2.11. The highest BCUT2D eigenvalue weighted by molar-refractivity contribution is 7.99. The summed E-state index contributed by atoms with van der Waals surface area (Å²) < 4.78 is 5.58. The number of para-hydroxylation sites is 1. The quantitative estimate of drug-likeness (QED) is 0.874. The van der Waals surface area contributed by atoms with Gasteiger partial charge in [-0.2, -0.15) is 11.8 Å². The minimum absolute atomic E-state index is 0.0782. The van der Waals surface area contributed by atoms with Crippen molar-refractivity contribution in [2.75, 3.05) is 24.7 Å². The molecule has 88 valence electrons. The summed E-state index contributed by atoms with van der Waals surface area (Å²) in [7, 11) is 0. The second-order valence-corrected chi connectivity index (χ2v) is 5.22. The largest absolute Gasteiger partial charge is 0.491 e. The average molecular weight is 238 g/mol. The lowest BCUT2D eigenvalue weighted by Gasteiger charge is -2.23. The third-order valence-corrected chi connectivity index (χ3v) is 3.98. The van der Waals surface area contributed by atoms with E-state index in [1.54, 1.807) is 0 Å². The number of aliphatic hydroxyl groups is 1. The fourth-order valence-corrected chi connectivity index (χ4v) is 3.22. The molecule has 0 aromatic heterocycles. The zero-order valence-corrected chi connectivity index (χ0v) is 10.2. The van der Waals surface area contributed by atoms with Gasteiger partial charge in [-0.3, -0.25) is 0 Å². The van der Waals surface area contributed by atoms with Crippen LogP contribution in [0.1, 0.15) is 24.3 Å². The van der Waals surface area contributed by atoms with E-state index in [1.165, 1.54) is 29.9 Å². The SMILES string of the molecule is OCCOc1ccccc1C1CCSCC1. The molecule has 0 unspecified atom stereocenters. The summed E-state index contributed by atoms with van der Waals surface area (Å²) in [5, 5.41) is 8.80. The van der Waals surface area contributed by atoms with Gasteiger partial charge in [0.05, 0.1) is 6.61 Å². The van der Waals surface area contributed by atoms with Crippen molar-refractivity contribution in [2.24, 2.45) is 0 Å². The molecule has 1 saturated heterocycles. The minimum atomic E-state index is 0.0782. The Balaban J connectivity index is 2.11. The van der Waals surface area contributed by atoms with Crippen LogP contribution in [0.4, 0.5) is 0 Å². The third-order valence-electron chi connectivity index (χ3n) is 2.93. The molecule has 3 heteroatoms. The van der Waals surface area contributed by atoms with Crippen LogP contribution in [0.25, 0.3) is 0 Å². The van der Waals surface area contributed by atoms with Crippen LogP contribution >= 0.6 is 11.8 Å². The molecular formula is C13H18O2S. The molecule has 1 aliphatic rings. The number of rotatable bonds is 4. The predicted octanol–water partition coefficient (Wildman–Crippen LogP) is 2.67. The van der Waals surface area contributed by atoms with Gasteiger partial charge in [0.15, 0.2) is 0 Å². The van der Waals surface area contributed by atoms with Crippen LogP contribution in [-0.2, 0) is 0 Å². The molecule has 0 atom stereocenters. The lowest BCUT2D eigenvalue weighted by Crippen LogP contribution is -2.11. The van der Waals surface area contributed by atoms with Crippen LogP contribution in [0.15, 0.2) is 24.3 Å². The van der Waals surface area contributed by atoms with Crippen LogP contribution in [0.5, 0.6) is 5.75 Å². The Morgan fingerprint density at radius 2 is 2.00 bits per heavy atom. The van der Waals surface area contributed by atoms with Crippen LogP contribution < -0.4 is 4.74 Å². The van der Waals surface area contributed by atoms with Crippen LogP contribution in [0.3, 0.4) is 0 Å². The van der Waals surface area contributed by atoms with Gasteiger partial charge in [0.2, 0.25) is 0 Å². The maximum atomic E-state index is 8.80. The highest BCUT2D eigenvalue weighted by atomic mass is 32.2. The Morgan fingerprint density at radius 1 is 1.25 bits per heavy atom. The van der Waals surface area contributed by atoms with Crippen LogP contribution in [0, 0.1) is 0 Å². The van der Waals surface area contributed by atoms with Crippen molar-refractivity contribution < 1.29 is 9.84 Å². The molecule has 0 bridgehead atoms. The molecule has 0 radical (unpaired) electrons. The Kier molecular flexibility index (Phi) is 4.55. The number of benzene rings is 1. The van der Waals surface area contributed by atoms with E-state index >= 15 is 0 Å². The second kappa shape index (κ2) is 6.16.